The highest BCUT2D eigenvalue weighted by atomic mass is 32.2. The van der Waals surface area contributed by atoms with Gasteiger partial charge in [-0.05, 0) is 44.5 Å². The fourth-order valence-electron chi connectivity index (χ4n) is 2.92. The minimum absolute atomic E-state index is 0.111. The maximum Gasteiger partial charge on any atom is 0.261 e. The van der Waals surface area contributed by atoms with Crippen LogP contribution in [-0.4, -0.2) is 31.0 Å². The third kappa shape index (κ3) is 4.17. The summed E-state index contributed by atoms with van der Waals surface area (Å²) in [7, 11) is 1.70. The van der Waals surface area contributed by atoms with Gasteiger partial charge in [-0.3, -0.25) is 9.59 Å². The molecule has 0 radical (unpaired) electrons. The van der Waals surface area contributed by atoms with E-state index in [0.717, 1.165) is 16.8 Å². The van der Waals surface area contributed by atoms with Gasteiger partial charge in [-0.1, -0.05) is 29.5 Å². The second-order valence-corrected chi connectivity index (χ2v) is 7.49. The molecule has 146 valence electrons. The van der Waals surface area contributed by atoms with Gasteiger partial charge in [0.1, 0.15) is 0 Å². The predicted octanol–water partition coefficient (Wildman–Crippen LogP) is 3.01. The highest BCUT2D eigenvalue weighted by Gasteiger charge is 2.17. The number of hydrogen-bond donors (Lipinski definition) is 1. The number of carbonyl (C=O) groups excluding carboxylic acids is 1. The summed E-state index contributed by atoms with van der Waals surface area (Å²) in [5, 5.41) is 11.9. The standard InChI is InChI=1S/C20H23N5O2S/c1-5-25-18(15-7-6-10-24(4)19(15)27)22-23-20(25)28-12-17(26)21-16-9-8-13(2)11-14(16)3/h6-11H,5,12H2,1-4H3,(H,21,26). The van der Waals surface area contributed by atoms with Crippen molar-refractivity contribution < 1.29 is 4.79 Å². The average molecular weight is 398 g/mol. The topological polar surface area (TPSA) is 81.8 Å². The van der Waals surface area contributed by atoms with Crippen LogP contribution in [0.2, 0.25) is 0 Å². The number of benzene rings is 1. The Labute approximate surface area is 167 Å². The van der Waals surface area contributed by atoms with E-state index in [9.17, 15) is 9.59 Å². The molecule has 0 saturated heterocycles. The molecule has 8 heteroatoms. The Balaban J connectivity index is 1.74. The van der Waals surface area contributed by atoms with Crippen LogP contribution in [0.1, 0.15) is 18.1 Å². The highest BCUT2D eigenvalue weighted by Crippen LogP contribution is 2.23. The second kappa shape index (κ2) is 8.43. The Bertz CT molecular complexity index is 1070. The lowest BCUT2D eigenvalue weighted by Gasteiger charge is -2.10. The van der Waals surface area contributed by atoms with Crippen LogP contribution in [-0.2, 0) is 18.4 Å². The first kappa shape index (κ1) is 19.9. The number of thioether (sulfide) groups is 1. The van der Waals surface area contributed by atoms with Crippen LogP contribution in [0.4, 0.5) is 5.69 Å². The summed E-state index contributed by atoms with van der Waals surface area (Å²) >= 11 is 1.30. The van der Waals surface area contributed by atoms with Crippen LogP contribution in [0.15, 0.2) is 46.5 Å². The van der Waals surface area contributed by atoms with Gasteiger partial charge >= 0.3 is 0 Å². The Morgan fingerprint density at radius 2 is 2.00 bits per heavy atom. The van der Waals surface area contributed by atoms with E-state index < -0.39 is 0 Å². The van der Waals surface area contributed by atoms with Gasteiger partial charge in [-0.15, -0.1) is 10.2 Å². The number of nitrogens with zero attached hydrogens (tertiary/aromatic N) is 4. The van der Waals surface area contributed by atoms with Crippen molar-refractivity contribution in [1.82, 2.24) is 19.3 Å². The van der Waals surface area contributed by atoms with Gasteiger partial charge < -0.3 is 14.5 Å². The number of hydrogen-bond acceptors (Lipinski definition) is 5. The number of carbonyl (C=O) groups is 1. The first-order valence-corrected chi connectivity index (χ1v) is 9.98. The van der Waals surface area contributed by atoms with E-state index in [0.29, 0.717) is 23.1 Å². The SMILES string of the molecule is CCn1c(SCC(=O)Nc2ccc(C)cc2C)nnc1-c1cccn(C)c1=O. The van der Waals surface area contributed by atoms with Crippen molar-refractivity contribution in [2.75, 3.05) is 11.1 Å². The first-order chi connectivity index (χ1) is 13.4. The molecule has 0 saturated carbocycles. The maximum atomic E-state index is 12.4. The number of rotatable bonds is 6. The largest absolute Gasteiger partial charge is 0.325 e. The van der Waals surface area contributed by atoms with Crippen molar-refractivity contribution in [3.8, 4) is 11.4 Å². The van der Waals surface area contributed by atoms with E-state index in [1.807, 2.05) is 43.5 Å². The van der Waals surface area contributed by atoms with Crippen molar-refractivity contribution in [3.63, 3.8) is 0 Å². The van der Waals surface area contributed by atoms with Gasteiger partial charge in [0.05, 0.1) is 11.3 Å². The molecule has 0 unspecified atom stereocenters. The Kier molecular flexibility index (Phi) is 5.99. The summed E-state index contributed by atoms with van der Waals surface area (Å²) in [6, 6.07) is 9.44. The Morgan fingerprint density at radius 3 is 2.71 bits per heavy atom. The molecule has 0 bridgehead atoms. The molecular formula is C20H23N5O2S. The molecule has 7 nitrogen and oxygen atoms in total. The van der Waals surface area contributed by atoms with E-state index >= 15 is 0 Å². The van der Waals surface area contributed by atoms with Crippen molar-refractivity contribution in [2.24, 2.45) is 7.05 Å². The van der Waals surface area contributed by atoms with Crippen LogP contribution in [0.3, 0.4) is 0 Å². The third-order valence-corrected chi connectivity index (χ3v) is 5.35. The summed E-state index contributed by atoms with van der Waals surface area (Å²) in [6.07, 6.45) is 1.70. The summed E-state index contributed by atoms with van der Waals surface area (Å²) < 4.78 is 3.36. The number of pyridine rings is 1. The van der Waals surface area contributed by atoms with Crippen LogP contribution in [0.5, 0.6) is 0 Å². The third-order valence-electron chi connectivity index (χ3n) is 4.39. The number of aryl methyl sites for hydroxylation is 3. The fourth-order valence-corrected chi connectivity index (χ4v) is 3.72. The summed E-state index contributed by atoms with van der Waals surface area (Å²) in [4.78, 5) is 24.7. The zero-order chi connectivity index (χ0) is 20.3. The summed E-state index contributed by atoms with van der Waals surface area (Å²) in [6.45, 7) is 6.54. The molecule has 0 atom stereocenters. The zero-order valence-corrected chi connectivity index (χ0v) is 17.2. The monoisotopic (exact) mass is 397 g/mol. The van der Waals surface area contributed by atoms with E-state index in [1.165, 1.54) is 16.3 Å². The molecule has 0 aliphatic rings. The smallest absolute Gasteiger partial charge is 0.261 e. The molecule has 28 heavy (non-hydrogen) atoms. The van der Waals surface area contributed by atoms with Crippen molar-refractivity contribution in [1.29, 1.82) is 0 Å². The van der Waals surface area contributed by atoms with Gasteiger partial charge in [-0.25, -0.2) is 0 Å². The Morgan fingerprint density at radius 1 is 1.21 bits per heavy atom. The Hall–Kier alpha value is -2.87. The molecule has 3 rings (SSSR count). The van der Waals surface area contributed by atoms with Crippen LogP contribution in [0.25, 0.3) is 11.4 Å². The van der Waals surface area contributed by atoms with Crippen molar-refractivity contribution >= 4 is 23.4 Å². The average Bonchev–Trinajstić information content (AvgIpc) is 3.07. The number of aromatic nitrogens is 4. The van der Waals surface area contributed by atoms with E-state index in [-0.39, 0.29) is 17.2 Å². The molecule has 0 spiro atoms. The molecule has 2 aromatic heterocycles. The highest BCUT2D eigenvalue weighted by molar-refractivity contribution is 7.99. The molecule has 1 amide bonds. The predicted molar refractivity (Wildman–Crippen MR) is 112 cm³/mol. The minimum atomic E-state index is -0.131. The lowest BCUT2D eigenvalue weighted by Crippen LogP contribution is -2.19. The molecule has 1 aromatic carbocycles. The fraction of sp³-hybridized carbons (Fsp3) is 0.300. The van der Waals surface area contributed by atoms with Gasteiger partial charge in [0.2, 0.25) is 5.91 Å². The van der Waals surface area contributed by atoms with E-state index in [2.05, 4.69) is 15.5 Å². The molecule has 2 heterocycles. The van der Waals surface area contributed by atoms with Gasteiger partial charge in [0.25, 0.3) is 5.56 Å². The molecule has 3 aromatic rings. The van der Waals surface area contributed by atoms with Crippen LogP contribution >= 0.6 is 11.8 Å². The van der Waals surface area contributed by atoms with Crippen LogP contribution in [0, 0.1) is 13.8 Å². The van der Waals surface area contributed by atoms with Crippen molar-refractivity contribution in [3.05, 3.63) is 58.0 Å². The lowest BCUT2D eigenvalue weighted by molar-refractivity contribution is -0.113. The number of anilines is 1. The maximum absolute atomic E-state index is 12.4. The zero-order valence-electron chi connectivity index (χ0n) is 16.4. The van der Waals surface area contributed by atoms with Gasteiger partial charge in [-0.2, -0.15) is 0 Å². The molecule has 0 aliphatic heterocycles. The molecular weight excluding hydrogens is 374 g/mol. The summed E-state index contributed by atoms with van der Waals surface area (Å²) in [5.41, 5.74) is 3.35. The van der Waals surface area contributed by atoms with Gasteiger partial charge in [0.15, 0.2) is 11.0 Å². The second-order valence-electron chi connectivity index (χ2n) is 6.54. The van der Waals surface area contributed by atoms with Gasteiger partial charge in [0, 0.05) is 25.5 Å². The van der Waals surface area contributed by atoms with Crippen molar-refractivity contribution in [2.45, 2.75) is 32.5 Å². The normalized spacial score (nSPS) is 10.9. The minimum Gasteiger partial charge on any atom is -0.325 e. The number of amides is 1. The lowest BCUT2D eigenvalue weighted by atomic mass is 10.1. The molecule has 0 fully saturated rings. The van der Waals surface area contributed by atoms with Crippen LogP contribution < -0.4 is 10.9 Å². The quantitative estimate of drug-likeness (QED) is 0.647. The summed E-state index contributed by atoms with van der Waals surface area (Å²) in [5.74, 6) is 0.610. The van der Waals surface area contributed by atoms with E-state index in [4.69, 9.17) is 0 Å². The molecule has 1 N–H and O–H groups in total. The first-order valence-electron chi connectivity index (χ1n) is 8.99. The molecule has 0 aliphatic carbocycles. The number of nitrogens with one attached hydrogen (secondary N) is 1. The van der Waals surface area contributed by atoms with E-state index in [1.54, 1.807) is 25.4 Å².